The van der Waals surface area contributed by atoms with Gasteiger partial charge >= 0.3 is 7.82 Å². The molecule has 0 unspecified atom stereocenters. The Morgan fingerprint density at radius 3 is 2.19 bits per heavy atom. The summed E-state index contributed by atoms with van der Waals surface area (Å²) in [6, 6.07) is 3.57. The molecule has 3 aliphatic heterocycles. The minimum Gasteiger partial charge on any atom is -0.222 e. The second kappa shape index (κ2) is 3.76. The Balaban J connectivity index is 2.02. The van der Waals surface area contributed by atoms with E-state index in [1.165, 1.54) is 5.17 Å². The molecule has 1 aromatic carbocycles. The molecule has 0 amide bonds. The third kappa shape index (κ3) is 1.70. The van der Waals surface area contributed by atoms with Crippen molar-refractivity contribution in [2.24, 2.45) is 0 Å². The van der Waals surface area contributed by atoms with Crippen LogP contribution in [0.4, 0.5) is 5.69 Å². The molecule has 0 spiro atoms. The zero-order valence-electron chi connectivity index (χ0n) is 7.26. The number of fused-ring (bicyclic) bond motifs is 1. The molecule has 16 heavy (non-hydrogen) atoms. The van der Waals surface area contributed by atoms with Gasteiger partial charge in [-0.15, -0.1) is 19.0 Å². The Morgan fingerprint density at radius 2 is 1.62 bits per heavy atom. The van der Waals surface area contributed by atoms with Crippen molar-refractivity contribution in [2.75, 3.05) is 5.17 Å². The number of halogens is 3. The predicted octanol–water partition coefficient (Wildman–Crippen LogP) is 3.93. The molecule has 0 aromatic heterocycles. The molecule has 0 aliphatic carbocycles. The van der Waals surface area contributed by atoms with Gasteiger partial charge in [0.1, 0.15) is 5.69 Å². The molecule has 0 saturated carbocycles. The first kappa shape index (κ1) is 11.6. The number of hydrogen-bond donors (Lipinski definition) is 0. The van der Waals surface area contributed by atoms with Gasteiger partial charge in [0.15, 0.2) is 0 Å². The van der Waals surface area contributed by atoms with Gasteiger partial charge in [-0.1, -0.05) is 0 Å². The van der Waals surface area contributed by atoms with Crippen LogP contribution in [-0.4, -0.2) is 5.34 Å². The van der Waals surface area contributed by atoms with Crippen LogP contribution in [0, 0.1) is 0 Å². The molecular weight excluding hydrogens is 435 g/mol. The Kier molecular flexibility index (Phi) is 2.73. The maximum absolute atomic E-state index is 11.3. The molecule has 3 saturated heterocycles. The fourth-order valence-corrected chi connectivity index (χ4v) is 3.55. The molecule has 3 heterocycles. The van der Waals surface area contributed by atoms with Gasteiger partial charge in [-0.05, 0) is 59.9 Å². The zero-order chi connectivity index (χ0) is 11.5. The number of rotatable bonds is 1. The summed E-state index contributed by atoms with van der Waals surface area (Å²) in [5.41, 5.74) is 0.602. The molecule has 6 nitrogen and oxygen atoms in total. The largest absolute Gasteiger partial charge is 0.538 e. The number of phosphoric acid groups is 1. The highest BCUT2D eigenvalue weighted by atomic mass is 79.9. The maximum Gasteiger partial charge on any atom is 0.538 e. The van der Waals surface area contributed by atoms with Crippen LogP contribution < -0.4 is 5.17 Å². The van der Waals surface area contributed by atoms with Crippen LogP contribution >= 0.6 is 55.6 Å². The number of hydrazine groups is 1. The Morgan fingerprint density at radius 1 is 1.00 bits per heavy atom. The summed E-state index contributed by atoms with van der Waals surface area (Å²) >= 11 is 10.1. The van der Waals surface area contributed by atoms with Gasteiger partial charge < -0.3 is 0 Å². The summed E-state index contributed by atoms with van der Waals surface area (Å²) in [4.78, 5) is 0. The predicted molar refractivity (Wildman–Crippen MR) is 64.7 cm³/mol. The SMILES string of the molecule is O=P12ON(O1)N(c1cc(Br)c(Br)cc1Br)O2. The third-order valence-electron chi connectivity index (χ3n) is 1.86. The van der Waals surface area contributed by atoms with Crippen molar-refractivity contribution in [1.29, 1.82) is 0 Å². The van der Waals surface area contributed by atoms with E-state index in [0.717, 1.165) is 18.8 Å². The second-order valence-electron chi connectivity index (χ2n) is 2.92. The van der Waals surface area contributed by atoms with Crippen LogP contribution in [0.25, 0.3) is 0 Å². The second-order valence-corrected chi connectivity index (χ2v) is 6.87. The monoisotopic (exact) mass is 434 g/mol. The summed E-state index contributed by atoms with van der Waals surface area (Å²) in [5, 5.41) is 2.09. The van der Waals surface area contributed by atoms with Crippen molar-refractivity contribution in [1.82, 2.24) is 5.34 Å². The zero-order valence-corrected chi connectivity index (χ0v) is 12.9. The van der Waals surface area contributed by atoms with E-state index in [1.54, 1.807) is 6.07 Å². The van der Waals surface area contributed by atoms with Crippen LogP contribution in [0.15, 0.2) is 25.6 Å². The summed E-state index contributed by atoms with van der Waals surface area (Å²) < 4.78 is 28.3. The lowest BCUT2D eigenvalue weighted by atomic mass is 10.3. The molecule has 10 heteroatoms. The number of benzene rings is 1. The average molecular weight is 437 g/mol. The highest BCUT2D eigenvalue weighted by molar-refractivity contribution is 9.13. The topological polar surface area (TPSA) is 51.2 Å². The van der Waals surface area contributed by atoms with Gasteiger partial charge in [0.25, 0.3) is 0 Å². The lowest BCUT2D eigenvalue weighted by Gasteiger charge is -2.22. The van der Waals surface area contributed by atoms with E-state index < -0.39 is 7.82 Å². The lowest BCUT2D eigenvalue weighted by molar-refractivity contribution is -0.318. The van der Waals surface area contributed by atoms with Crippen molar-refractivity contribution in [3.63, 3.8) is 0 Å². The molecule has 0 radical (unpaired) electrons. The van der Waals surface area contributed by atoms with E-state index in [1.807, 2.05) is 6.07 Å². The van der Waals surface area contributed by atoms with Crippen LogP contribution in [-0.2, 0) is 18.4 Å². The minimum absolute atomic E-state index is 0.602. The molecule has 3 fully saturated rings. The van der Waals surface area contributed by atoms with Gasteiger partial charge in [-0.2, -0.15) is 0 Å². The smallest absolute Gasteiger partial charge is 0.222 e. The summed E-state index contributed by atoms with van der Waals surface area (Å²) in [6.07, 6.45) is 0. The van der Waals surface area contributed by atoms with E-state index in [4.69, 9.17) is 13.9 Å². The summed E-state index contributed by atoms with van der Waals surface area (Å²) in [5.74, 6) is 0. The van der Waals surface area contributed by atoms with Gasteiger partial charge in [-0.25, -0.2) is 4.57 Å². The first-order chi connectivity index (χ1) is 7.48. The Hall–Kier alpha value is 0.530. The van der Waals surface area contributed by atoms with Gasteiger partial charge in [-0.3, -0.25) is 0 Å². The molecule has 2 bridgehead atoms. The summed E-state index contributed by atoms with van der Waals surface area (Å²) in [6.45, 7) is 0. The number of hydrogen-bond acceptors (Lipinski definition) is 6. The minimum atomic E-state index is -3.36. The van der Waals surface area contributed by atoms with E-state index >= 15 is 0 Å². The van der Waals surface area contributed by atoms with Crippen LogP contribution in [0.2, 0.25) is 0 Å². The molecule has 0 atom stereocenters. The average Bonchev–Trinajstić information content (AvgIpc) is 2.64. The molecular formula is C6H2Br3N2O4P. The maximum atomic E-state index is 11.3. The fraction of sp³-hybridized carbons (Fsp3) is 0. The lowest BCUT2D eigenvalue weighted by Crippen LogP contribution is -2.34. The van der Waals surface area contributed by atoms with Crippen LogP contribution in [0.1, 0.15) is 0 Å². The molecule has 4 rings (SSSR count). The third-order valence-corrected chi connectivity index (χ3v) is 5.37. The van der Waals surface area contributed by atoms with Crippen molar-refractivity contribution in [3.8, 4) is 0 Å². The molecule has 3 aliphatic rings. The normalized spacial score (nSPS) is 31.7. The first-order valence-corrected chi connectivity index (χ1v) is 7.76. The van der Waals surface area contributed by atoms with Gasteiger partial charge in [0.2, 0.25) is 0 Å². The van der Waals surface area contributed by atoms with E-state index in [9.17, 15) is 4.57 Å². The van der Waals surface area contributed by atoms with Gasteiger partial charge in [0, 0.05) is 13.4 Å². The van der Waals surface area contributed by atoms with Crippen molar-refractivity contribution < 1.29 is 18.4 Å². The Bertz CT molecular complexity index is 517. The van der Waals surface area contributed by atoms with E-state index in [0.29, 0.717) is 5.69 Å². The van der Waals surface area contributed by atoms with Crippen LogP contribution in [0.5, 0.6) is 0 Å². The van der Waals surface area contributed by atoms with Gasteiger partial charge in [0.05, 0.1) is 5.34 Å². The highest BCUT2D eigenvalue weighted by Crippen LogP contribution is 2.67. The van der Waals surface area contributed by atoms with Crippen molar-refractivity contribution in [3.05, 3.63) is 25.6 Å². The molecule has 86 valence electrons. The van der Waals surface area contributed by atoms with E-state index in [-0.39, 0.29) is 0 Å². The van der Waals surface area contributed by atoms with Crippen LogP contribution in [0.3, 0.4) is 0 Å². The molecule has 0 N–H and O–H groups in total. The first-order valence-electron chi connectivity index (χ1n) is 3.92. The number of anilines is 1. The van der Waals surface area contributed by atoms with Crippen molar-refractivity contribution in [2.45, 2.75) is 0 Å². The molecule has 1 aromatic rings. The standard InChI is InChI=1S/C6H2Br3N2O4P/c7-3-1-5(9)6(2-4(3)8)10-11-14-16(12,13-10)15-11/h1-2H. The fourth-order valence-electron chi connectivity index (χ4n) is 1.19. The van der Waals surface area contributed by atoms with Crippen molar-refractivity contribution >= 4 is 61.3 Å². The number of nitrogens with zero attached hydrogens (tertiary/aromatic N) is 2. The summed E-state index contributed by atoms with van der Waals surface area (Å²) in [7, 11) is -3.36. The highest BCUT2D eigenvalue weighted by Gasteiger charge is 2.60. The quantitative estimate of drug-likeness (QED) is 0.491. The Labute approximate surface area is 115 Å². The van der Waals surface area contributed by atoms with E-state index in [2.05, 4.69) is 47.8 Å².